The molecule has 0 aliphatic carbocycles. The first-order chi connectivity index (χ1) is 10.4. The lowest BCUT2D eigenvalue weighted by molar-refractivity contribution is -0.506. The fraction of sp³-hybridized carbons (Fsp3) is 0. The first-order valence-electron chi connectivity index (χ1n) is 5.63. The van der Waals surface area contributed by atoms with Crippen molar-refractivity contribution in [1.82, 2.24) is 14.3 Å². The number of nitro groups is 1. The Hall–Kier alpha value is -2.86. The number of nitrogens with one attached hydrogen (secondary N) is 2. The molecule has 0 saturated carbocycles. The van der Waals surface area contributed by atoms with Gasteiger partial charge in [0.05, 0.1) is 10.5 Å². The molecule has 12 heteroatoms. The van der Waals surface area contributed by atoms with Crippen molar-refractivity contribution in [3.63, 3.8) is 0 Å². The molecule has 0 radical (unpaired) electrons. The van der Waals surface area contributed by atoms with Gasteiger partial charge in [-0.25, -0.2) is 0 Å². The summed E-state index contributed by atoms with van der Waals surface area (Å²) in [7, 11) is 0. The predicted octanol–water partition coefficient (Wildman–Crippen LogP) is 0.956. The number of hydrogen-bond acceptors (Lipinski definition) is 8. The van der Waals surface area contributed by atoms with Crippen LogP contribution in [0, 0.1) is 20.1 Å². The van der Waals surface area contributed by atoms with Crippen molar-refractivity contribution in [1.29, 1.82) is 0 Å². The molecule has 0 unspecified atom stereocenters. The van der Waals surface area contributed by atoms with Gasteiger partial charge in [-0.3, -0.25) is 19.9 Å². The molecule has 22 heavy (non-hydrogen) atoms. The third-order valence-electron chi connectivity index (χ3n) is 2.91. The van der Waals surface area contributed by atoms with E-state index < -0.39 is 22.0 Å². The monoisotopic (exact) mass is 339 g/mol. The van der Waals surface area contributed by atoms with Gasteiger partial charge < -0.3 is 15.3 Å². The molecule has 2 heterocycles. The summed E-state index contributed by atoms with van der Waals surface area (Å²) in [5.41, 5.74) is -1.62. The normalized spacial score (nSPS) is 10.9. The zero-order valence-electron chi connectivity index (χ0n) is 10.4. The second-order valence-electron chi connectivity index (χ2n) is 4.15. The maximum absolute atomic E-state index is 12.0. The average molecular weight is 339 g/mol. The Morgan fingerprint density at radius 3 is 2.77 bits per heavy atom. The first-order valence-corrected chi connectivity index (χ1v) is 6.76. The molecule has 0 fully saturated rings. The summed E-state index contributed by atoms with van der Waals surface area (Å²) in [5, 5.41) is 32.6. The number of benzene rings is 1. The van der Waals surface area contributed by atoms with Crippen LogP contribution in [0.1, 0.15) is 0 Å². The molecule has 0 aliphatic heterocycles. The number of fused-ring (bicyclic) bond motifs is 1. The fourth-order valence-corrected chi connectivity index (χ4v) is 2.83. The van der Waals surface area contributed by atoms with E-state index in [0.717, 1.165) is 6.07 Å². The molecular weight excluding hydrogens is 334 g/mol. The van der Waals surface area contributed by atoms with Gasteiger partial charge in [0.2, 0.25) is 5.88 Å². The third-order valence-corrected chi connectivity index (χ3v) is 3.71. The summed E-state index contributed by atoms with van der Waals surface area (Å²) in [6, 6.07) is 2.31. The second kappa shape index (κ2) is 4.85. The summed E-state index contributed by atoms with van der Waals surface area (Å²) < 4.78 is 4.02. The van der Waals surface area contributed by atoms with E-state index in [1.165, 1.54) is 6.07 Å². The fourth-order valence-electron chi connectivity index (χ4n) is 2.03. The third kappa shape index (κ3) is 2.01. The number of nitrogens with zero attached hydrogens (tertiary/aromatic N) is 3. The molecule has 112 valence electrons. The highest BCUT2D eigenvalue weighted by Crippen LogP contribution is 2.33. The SMILES string of the molecule is O=c1[nH]c(=S)[nH]c(O)c1-c1ccc([N+](=O)[O-])c2c1ns[n+]2[O-]. The zero-order chi connectivity index (χ0) is 16.0. The van der Waals surface area contributed by atoms with Crippen molar-refractivity contribution in [2.24, 2.45) is 0 Å². The Morgan fingerprint density at radius 1 is 1.41 bits per heavy atom. The van der Waals surface area contributed by atoms with Crippen molar-refractivity contribution < 1.29 is 14.1 Å². The minimum absolute atomic E-state index is 0.0551. The quantitative estimate of drug-likeness (QED) is 0.207. The van der Waals surface area contributed by atoms with Crippen LogP contribution in [0.25, 0.3) is 22.2 Å². The highest BCUT2D eigenvalue weighted by atomic mass is 32.1. The minimum Gasteiger partial charge on any atom is -0.700 e. The maximum Gasteiger partial charge on any atom is 0.321 e. The maximum atomic E-state index is 12.0. The number of rotatable bonds is 2. The Bertz CT molecular complexity index is 1040. The van der Waals surface area contributed by atoms with Gasteiger partial charge in [0.25, 0.3) is 28.3 Å². The lowest BCUT2D eigenvalue weighted by Gasteiger charge is -2.03. The molecule has 0 atom stereocenters. The van der Waals surface area contributed by atoms with E-state index >= 15 is 0 Å². The number of aromatic amines is 2. The largest absolute Gasteiger partial charge is 0.700 e. The van der Waals surface area contributed by atoms with Gasteiger partial charge in [0, 0.05) is 10.4 Å². The summed E-state index contributed by atoms with van der Waals surface area (Å²) in [6.07, 6.45) is 0. The van der Waals surface area contributed by atoms with E-state index in [1.54, 1.807) is 0 Å². The Morgan fingerprint density at radius 2 is 2.14 bits per heavy atom. The van der Waals surface area contributed by atoms with Gasteiger partial charge in [-0.1, -0.05) is 0 Å². The number of aromatic hydroxyl groups is 1. The number of hydrogen-bond donors (Lipinski definition) is 3. The minimum atomic E-state index is -0.725. The molecule has 0 bridgehead atoms. The lowest BCUT2D eigenvalue weighted by atomic mass is 10.1. The Balaban J connectivity index is 2.45. The molecule has 0 spiro atoms. The van der Waals surface area contributed by atoms with E-state index in [4.69, 9.17) is 12.2 Å². The Labute approximate surface area is 129 Å². The zero-order valence-corrected chi connectivity index (χ0v) is 12.0. The van der Waals surface area contributed by atoms with Crippen LogP contribution in [0.4, 0.5) is 5.69 Å². The number of H-pyrrole nitrogens is 2. The molecule has 3 rings (SSSR count). The van der Waals surface area contributed by atoms with E-state index in [-0.39, 0.29) is 31.1 Å². The highest BCUT2D eigenvalue weighted by molar-refractivity contribution is 7.71. The molecule has 2 aromatic heterocycles. The summed E-state index contributed by atoms with van der Waals surface area (Å²) in [6.45, 7) is 0. The standard InChI is InChI=1S/C10H5N5O5S2/c16-8-5(9(17)12-10(21)11-8)3-1-2-4(14(18)19)7-6(3)13-22-15(7)20/h1-2H,(H3,11,12,16,17,21). The van der Waals surface area contributed by atoms with Crippen LogP contribution in [0.15, 0.2) is 16.9 Å². The average Bonchev–Trinajstić information content (AvgIpc) is 2.80. The number of nitro benzene ring substituents is 1. The van der Waals surface area contributed by atoms with E-state index in [9.17, 15) is 25.2 Å². The molecule has 10 nitrogen and oxygen atoms in total. The van der Waals surface area contributed by atoms with Gasteiger partial charge in [0.1, 0.15) is 5.56 Å². The van der Waals surface area contributed by atoms with E-state index in [0.29, 0.717) is 11.7 Å². The van der Waals surface area contributed by atoms with Gasteiger partial charge in [-0.2, -0.15) is 4.12 Å². The second-order valence-corrected chi connectivity index (χ2v) is 5.23. The van der Waals surface area contributed by atoms with Crippen LogP contribution in [0.3, 0.4) is 0 Å². The van der Waals surface area contributed by atoms with Gasteiger partial charge in [-0.05, 0) is 18.3 Å². The van der Waals surface area contributed by atoms with Crippen LogP contribution in [-0.4, -0.2) is 24.4 Å². The molecular formula is C10H5N5O5S2. The molecule has 0 aliphatic rings. The molecule has 3 aromatic rings. The molecule has 0 saturated heterocycles. The van der Waals surface area contributed by atoms with Crippen molar-refractivity contribution >= 4 is 40.7 Å². The summed E-state index contributed by atoms with van der Waals surface area (Å²) in [4.78, 5) is 26.9. The number of aromatic nitrogens is 4. The van der Waals surface area contributed by atoms with Crippen LogP contribution in [0.2, 0.25) is 0 Å². The van der Waals surface area contributed by atoms with Crippen molar-refractivity contribution in [2.75, 3.05) is 0 Å². The Kier molecular flexibility index (Phi) is 3.11. The van der Waals surface area contributed by atoms with E-state index in [2.05, 4.69) is 14.3 Å². The van der Waals surface area contributed by atoms with Crippen molar-refractivity contribution in [3.05, 3.63) is 42.6 Å². The highest BCUT2D eigenvalue weighted by Gasteiger charge is 2.28. The lowest BCUT2D eigenvalue weighted by Crippen LogP contribution is -2.20. The van der Waals surface area contributed by atoms with Gasteiger partial charge in [-0.15, -0.1) is 0 Å². The van der Waals surface area contributed by atoms with Crippen LogP contribution in [-0.2, 0) is 0 Å². The van der Waals surface area contributed by atoms with E-state index in [1.807, 2.05) is 0 Å². The van der Waals surface area contributed by atoms with Crippen LogP contribution < -0.4 is 9.68 Å². The van der Waals surface area contributed by atoms with Gasteiger partial charge in [0.15, 0.2) is 4.77 Å². The topological polar surface area (TPSA) is 152 Å². The van der Waals surface area contributed by atoms with Crippen LogP contribution in [0.5, 0.6) is 5.88 Å². The molecule has 0 amide bonds. The van der Waals surface area contributed by atoms with Crippen LogP contribution >= 0.6 is 23.9 Å². The smallest absolute Gasteiger partial charge is 0.321 e. The van der Waals surface area contributed by atoms with Gasteiger partial charge >= 0.3 is 5.69 Å². The molecule has 1 aromatic carbocycles. The summed E-state index contributed by atoms with van der Waals surface area (Å²) >= 11 is 5.18. The summed E-state index contributed by atoms with van der Waals surface area (Å²) in [5.74, 6) is -0.519. The van der Waals surface area contributed by atoms with Crippen molar-refractivity contribution in [2.45, 2.75) is 0 Å². The number of non-ortho nitro benzene ring substituents is 1. The predicted molar refractivity (Wildman–Crippen MR) is 78.1 cm³/mol. The first kappa shape index (κ1) is 14.1. The van der Waals surface area contributed by atoms with Crippen molar-refractivity contribution in [3.8, 4) is 17.0 Å². The molecule has 3 N–H and O–H groups in total.